The van der Waals surface area contributed by atoms with Crippen molar-refractivity contribution in [3.8, 4) is 6.07 Å². The molecule has 1 aromatic rings. The number of aromatic nitrogens is 1. The maximum absolute atomic E-state index is 9.25. The Hall–Kier alpha value is -1.56. The highest BCUT2D eigenvalue weighted by Crippen LogP contribution is 2.49. The summed E-state index contributed by atoms with van der Waals surface area (Å²) in [6, 6.07) is 4.58. The maximum Gasteiger partial charge on any atom is 0.144 e. The van der Waals surface area contributed by atoms with Crippen LogP contribution in [0.25, 0.3) is 0 Å². The first-order valence-electron chi connectivity index (χ1n) is 7.31. The highest BCUT2D eigenvalue weighted by Gasteiger charge is 2.41. The second-order valence-corrected chi connectivity index (χ2v) is 6.23. The SMILES string of the molecule is Cc1ccnc(NC(C)C2CC3CCC2C3)c1C#N. The zero-order valence-electron chi connectivity index (χ0n) is 11.7. The summed E-state index contributed by atoms with van der Waals surface area (Å²) in [4.78, 5) is 4.35. The molecule has 2 bridgehead atoms. The van der Waals surface area contributed by atoms with Crippen LogP contribution in [0.2, 0.25) is 0 Å². The van der Waals surface area contributed by atoms with Crippen molar-refractivity contribution in [1.29, 1.82) is 5.26 Å². The molecule has 2 aliphatic carbocycles. The lowest BCUT2D eigenvalue weighted by Crippen LogP contribution is -2.30. The van der Waals surface area contributed by atoms with E-state index in [-0.39, 0.29) is 0 Å². The van der Waals surface area contributed by atoms with E-state index < -0.39 is 0 Å². The zero-order chi connectivity index (χ0) is 13.4. The highest BCUT2D eigenvalue weighted by molar-refractivity contribution is 5.55. The van der Waals surface area contributed by atoms with Crippen molar-refractivity contribution in [2.75, 3.05) is 5.32 Å². The Morgan fingerprint density at radius 2 is 2.26 bits per heavy atom. The molecular weight excluding hydrogens is 234 g/mol. The Morgan fingerprint density at radius 1 is 1.42 bits per heavy atom. The van der Waals surface area contributed by atoms with E-state index in [4.69, 9.17) is 0 Å². The highest BCUT2D eigenvalue weighted by atomic mass is 15.0. The molecule has 1 heterocycles. The standard InChI is InChI=1S/C16H21N3/c1-10-5-6-18-16(15(10)9-17)19-11(2)14-8-12-3-4-13(14)7-12/h5-6,11-14H,3-4,7-8H2,1-2H3,(H,18,19). The number of nitriles is 1. The third-order valence-electron chi connectivity index (χ3n) is 5.07. The van der Waals surface area contributed by atoms with Gasteiger partial charge in [-0.2, -0.15) is 5.26 Å². The molecule has 0 aliphatic heterocycles. The molecule has 3 heteroatoms. The Bertz CT molecular complexity index is 517. The number of pyridine rings is 1. The average molecular weight is 255 g/mol. The summed E-state index contributed by atoms with van der Waals surface area (Å²) in [5.41, 5.74) is 1.69. The molecule has 3 nitrogen and oxygen atoms in total. The van der Waals surface area contributed by atoms with Gasteiger partial charge in [0.15, 0.2) is 0 Å². The van der Waals surface area contributed by atoms with E-state index in [2.05, 4.69) is 23.3 Å². The zero-order valence-corrected chi connectivity index (χ0v) is 11.7. The molecule has 2 fully saturated rings. The summed E-state index contributed by atoms with van der Waals surface area (Å²) in [5.74, 6) is 3.37. The molecule has 100 valence electrons. The molecule has 0 saturated heterocycles. The quantitative estimate of drug-likeness (QED) is 0.899. The Morgan fingerprint density at radius 3 is 2.89 bits per heavy atom. The lowest BCUT2D eigenvalue weighted by atomic mass is 9.84. The first-order valence-corrected chi connectivity index (χ1v) is 7.31. The van der Waals surface area contributed by atoms with Gasteiger partial charge in [-0.15, -0.1) is 0 Å². The number of anilines is 1. The van der Waals surface area contributed by atoms with E-state index in [1.807, 2.05) is 13.0 Å². The van der Waals surface area contributed by atoms with Crippen molar-refractivity contribution in [3.63, 3.8) is 0 Å². The lowest BCUT2D eigenvalue weighted by Gasteiger charge is -2.29. The molecule has 1 N–H and O–H groups in total. The van der Waals surface area contributed by atoms with Crippen molar-refractivity contribution in [2.45, 2.75) is 45.6 Å². The molecule has 0 spiro atoms. The minimum Gasteiger partial charge on any atom is -0.366 e. The van der Waals surface area contributed by atoms with E-state index in [1.54, 1.807) is 6.20 Å². The van der Waals surface area contributed by atoms with Gasteiger partial charge >= 0.3 is 0 Å². The Kier molecular flexibility index (Phi) is 3.18. The molecule has 4 atom stereocenters. The number of hydrogen-bond donors (Lipinski definition) is 1. The van der Waals surface area contributed by atoms with Crippen LogP contribution < -0.4 is 5.32 Å². The molecule has 0 amide bonds. The molecule has 1 aromatic heterocycles. The summed E-state index contributed by atoms with van der Waals surface area (Å²) in [6.07, 6.45) is 7.38. The van der Waals surface area contributed by atoms with Crippen LogP contribution in [0.1, 0.15) is 43.7 Å². The van der Waals surface area contributed by atoms with Gasteiger partial charge in [-0.05, 0) is 62.5 Å². The Balaban J connectivity index is 1.75. The van der Waals surface area contributed by atoms with E-state index >= 15 is 0 Å². The number of rotatable bonds is 3. The maximum atomic E-state index is 9.25. The number of fused-ring (bicyclic) bond motifs is 2. The minimum atomic E-state index is 0.414. The van der Waals surface area contributed by atoms with Gasteiger partial charge in [0.05, 0.1) is 5.56 Å². The van der Waals surface area contributed by atoms with E-state index in [9.17, 15) is 5.26 Å². The van der Waals surface area contributed by atoms with Crippen LogP contribution in [0, 0.1) is 36.0 Å². The molecule has 3 rings (SSSR count). The minimum absolute atomic E-state index is 0.414. The van der Waals surface area contributed by atoms with Gasteiger partial charge in [-0.1, -0.05) is 6.42 Å². The van der Waals surface area contributed by atoms with Gasteiger partial charge in [0, 0.05) is 12.2 Å². The molecular formula is C16H21N3. The fraction of sp³-hybridized carbons (Fsp3) is 0.625. The molecule has 0 radical (unpaired) electrons. The largest absolute Gasteiger partial charge is 0.366 e. The van der Waals surface area contributed by atoms with E-state index in [0.717, 1.165) is 29.1 Å². The van der Waals surface area contributed by atoms with Gasteiger partial charge in [0.2, 0.25) is 0 Å². The summed E-state index contributed by atoms with van der Waals surface area (Å²) >= 11 is 0. The van der Waals surface area contributed by atoms with Crippen molar-refractivity contribution >= 4 is 5.82 Å². The molecule has 2 saturated carbocycles. The third-order valence-corrected chi connectivity index (χ3v) is 5.07. The van der Waals surface area contributed by atoms with Crippen molar-refractivity contribution < 1.29 is 0 Å². The summed E-state index contributed by atoms with van der Waals surface area (Å²) in [7, 11) is 0. The van der Waals surface area contributed by atoms with Gasteiger partial charge in [-0.25, -0.2) is 4.98 Å². The number of nitrogens with one attached hydrogen (secondary N) is 1. The van der Waals surface area contributed by atoms with Crippen molar-refractivity contribution in [1.82, 2.24) is 4.98 Å². The van der Waals surface area contributed by atoms with Crippen LogP contribution >= 0.6 is 0 Å². The van der Waals surface area contributed by atoms with Gasteiger partial charge in [0.25, 0.3) is 0 Å². The average Bonchev–Trinajstić information content (AvgIpc) is 3.01. The molecule has 2 aliphatic rings. The predicted molar refractivity (Wildman–Crippen MR) is 75.7 cm³/mol. The van der Waals surface area contributed by atoms with Gasteiger partial charge < -0.3 is 5.32 Å². The molecule has 4 unspecified atom stereocenters. The first-order chi connectivity index (χ1) is 9.19. The molecule has 0 aromatic carbocycles. The van der Waals surface area contributed by atoms with Crippen LogP contribution in [-0.4, -0.2) is 11.0 Å². The van der Waals surface area contributed by atoms with E-state index in [1.165, 1.54) is 25.7 Å². The second-order valence-electron chi connectivity index (χ2n) is 6.23. The summed E-state index contributed by atoms with van der Waals surface area (Å²) in [5, 5.41) is 12.7. The topological polar surface area (TPSA) is 48.7 Å². The normalized spacial score (nSPS) is 30.1. The lowest BCUT2D eigenvalue weighted by molar-refractivity contribution is 0.304. The van der Waals surface area contributed by atoms with Crippen LogP contribution in [0.4, 0.5) is 5.82 Å². The second kappa shape index (κ2) is 4.85. The smallest absolute Gasteiger partial charge is 0.144 e. The van der Waals surface area contributed by atoms with E-state index in [0.29, 0.717) is 11.6 Å². The summed E-state index contributed by atoms with van der Waals surface area (Å²) in [6.45, 7) is 4.21. The van der Waals surface area contributed by atoms with Crippen LogP contribution in [0.15, 0.2) is 12.3 Å². The van der Waals surface area contributed by atoms with Crippen molar-refractivity contribution in [2.24, 2.45) is 17.8 Å². The van der Waals surface area contributed by atoms with Crippen LogP contribution in [-0.2, 0) is 0 Å². The van der Waals surface area contributed by atoms with Crippen LogP contribution in [0.5, 0.6) is 0 Å². The first kappa shape index (κ1) is 12.5. The van der Waals surface area contributed by atoms with Crippen LogP contribution in [0.3, 0.4) is 0 Å². The molecule has 19 heavy (non-hydrogen) atoms. The number of aryl methyl sites for hydroxylation is 1. The number of nitrogens with zero attached hydrogens (tertiary/aromatic N) is 2. The third kappa shape index (κ3) is 2.20. The fourth-order valence-corrected chi connectivity index (χ4v) is 4.04. The predicted octanol–water partition coefficient (Wildman–Crippen LogP) is 3.50. The van der Waals surface area contributed by atoms with Gasteiger partial charge in [0.1, 0.15) is 11.9 Å². The van der Waals surface area contributed by atoms with Crippen molar-refractivity contribution in [3.05, 3.63) is 23.4 Å². The summed E-state index contributed by atoms with van der Waals surface area (Å²) < 4.78 is 0. The number of hydrogen-bond acceptors (Lipinski definition) is 3. The fourth-order valence-electron chi connectivity index (χ4n) is 4.04. The van der Waals surface area contributed by atoms with Gasteiger partial charge in [-0.3, -0.25) is 0 Å². The monoisotopic (exact) mass is 255 g/mol. The Labute approximate surface area is 115 Å².